The number of carbonyl (C=O) groups is 1. The first-order valence-corrected chi connectivity index (χ1v) is 11.0. The van der Waals surface area contributed by atoms with Crippen LogP contribution in [0.2, 0.25) is 0 Å². The van der Waals surface area contributed by atoms with Crippen molar-refractivity contribution in [3.05, 3.63) is 24.0 Å². The lowest BCUT2D eigenvalue weighted by Gasteiger charge is -2.18. The average molecular weight is 416 g/mol. The van der Waals surface area contributed by atoms with E-state index in [0.717, 1.165) is 6.26 Å². The lowest BCUT2D eigenvalue weighted by molar-refractivity contribution is -0.136. The molecule has 0 spiro atoms. The number of anilines is 1. The molecule has 1 aromatic carbocycles. The summed E-state index contributed by atoms with van der Waals surface area (Å²) in [5.41, 5.74) is 1.23. The number of imidazole rings is 1. The topological polar surface area (TPSA) is 101 Å². The van der Waals surface area contributed by atoms with Gasteiger partial charge in [-0.05, 0) is 18.2 Å². The molecule has 0 atom stereocenters. The fraction of sp³-hybridized carbons (Fsp3) is 0.438. The van der Waals surface area contributed by atoms with Crippen LogP contribution in [0.15, 0.2) is 18.2 Å². The molecule has 2 rings (SSSR count). The molecule has 0 fully saturated rings. The van der Waals surface area contributed by atoms with E-state index in [2.05, 4.69) is 10.3 Å². The molecule has 1 aromatic heterocycles. The lowest BCUT2D eigenvalue weighted by atomic mass is 9.96. The number of nitrogens with zero attached hydrogens (tertiary/aromatic N) is 2. The highest BCUT2D eigenvalue weighted by Gasteiger charge is 2.27. The van der Waals surface area contributed by atoms with E-state index in [1.807, 2.05) is 20.8 Å². The van der Waals surface area contributed by atoms with Crippen molar-refractivity contribution in [3.8, 4) is 0 Å². The van der Waals surface area contributed by atoms with E-state index < -0.39 is 21.4 Å². The summed E-state index contributed by atoms with van der Waals surface area (Å²) in [5, 5.41) is 11.7. The maximum absolute atomic E-state index is 12.3. The van der Waals surface area contributed by atoms with Gasteiger partial charge in [-0.2, -0.15) is 0 Å². The van der Waals surface area contributed by atoms with Crippen LogP contribution in [0.4, 0.5) is 5.69 Å². The van der Waals surface area contributed by atoms with E-state index >= 15 is 0 Å². The SMILES string of the molecule is CC(C)(C)c1nc2ccc(NC(=S)SCCC(=O)O)cc2n1S(C)(=O)=O. The minimum Gasteiger partial charge on any atom is -0.481 e. The first kappa shape index (κ1) is 20.7. The van der Waals surface area contributed by atoms with Crippen molar-refractivity contribution < 1.29 is 18.3 Å². The third-order valence-corrected chi connectivity index (χ3v) is 5.67. The third kappa shape index (κ3) is 4.95. The average Bonchev–Trinajstić information content (AvgIpc) is 2.85. The van der Waals surface area contributed by atoms with E-state index in [-0.39, 0.29) is 6.42 Å². The zero-order valence-corrected chi connectivity index (χ0v) is 17.4. The smallest absolute Gasteiger partial charge is 0.304 e. The number of carboxylic acid groups (broad SMARTS) is 1. The highest BCUT2D eigenvalue weighted by Crippen LogP contribution is 2.29. The minimum absolute atomic E-state index is 0.0152. The van der Waals surface area contributed by atoms with Crippen molar-refractivity contribution in [1.82, 2.24) is 8.96 Å². The Balaban J connectivity index is 2.38. The summed E-state index contributed by atoms with van der Waals surface area (Å²) in [6, 6.07) is 5.18. The fourth-order valence-corrected chi connectivity index (χ4v) is 4.48. The second kappa shape index (κ2) is 7.53. The zero-order valence-electron chi connectivity index (χ0n) is 14.9. The molecule has 0 radical (unpaired) electrons. The monoisotopic (exact) mass is 415 g/mol. The summed E-state index contributed by atoms with van der Waals surface area (Å²) in [6.45, 7) is 5.72. The van der Waals surface area contributed by atoms with Gasteiger partial charge in [-0.3, -0.25) is 4.79 Å². The largest absolute Gasteiger partial charge is 0.481 e. The molecule has 7 nitrogen and oxygen atoms in total. The van der Waals surface area contributed by atoms with Gasteiger partial charge in [-0.15, -0.1) is 0 Å². The summed E-state index contributed by atoms with van der Waals surface area (Å²) >= 11 is 6.42. The zero-order chi connectivity index (χ0) is 19.7. The molecular formula is C16H21N3O4S3. The Morgan fingerprint density at radius 2 is 2.04 bits per heavy atom. The first-order valence-electron chi connectivity index (χ1n) is 7.78. The summed E-state index contributed by atoms with van der Waals surface area (Å²) in [7, 11) is -3.55. The quantitative estimate of drug-likeness (QED) is 0.719. The molecule has 0 aliphatic rings. The maximum atomic E-state index is 12.3. The van der Waals surface area contributed by atoms with Crippen LogP contribution in [0.25, 0.3) is 11.0 Å². The number of carboxylic acids is 1. The second-order valence-corrected chi connectivity index (χ2v) is 10.4. The van der Waals surface area contributed by atoms with Crippen LogP contribution in [0, 0.1) is 0 Å². The van der Waals surface area contributed by atoms with Crippen molar-refractivity contribution in [2.24, 2.45) is 0 Å². The van der Waals surface area contributed by atoms with E-state index in [1.54, 1.807) is 18.2 Å². The van der Waals surface area contributed by atoms with Crippen molar-refractivity contribution in [2.75, 3.05) is 17.3 Å². The van der Waals surface area contributed by atoms with E-state index in [4.69, 9.17) is 17.3 Å². The molecule has 2 aromatic rings. The number of aromatic nitrogens is 2. The van der Waals surface area contributed by atoms with Crippen molar-refractivity contribution in [2.45, 2.75) is 32.6 Å². The number of rotatable bonds is 5. The molecule has 0 aliphatic carbocycles. The van der Waals surface area contributed by atoms with Gasteiger partial charge in [0.2, 0.25) is 10.0 Å². The predicted octanol–water partition coefficient (Wildman–Crippen LogP) is 3.05. The van der Waals surface area contributed by atoms with Gasteiger partial charge in [0.25, 0.3) is 0 Å². The summed E-state index contributed by atoms with van der Waals surface area (Å²) in [5.74, 6) is -0.0576. The summed E-state index contributed by atoms with van der Waals surface area (Å²) in [4.78, 5) is 15.0. The maximum Gasteiger partial charge on any atom is 0.304 e. The highest BCUT2D eigenvalue weighted by atomic mass is 32.2. The number of aliphatic carboxylic acids is 1. The molecule has 0 bridgehead atoms. The van der Waals surface area contributed by atoms with Crippen LogP contribution in [0.1, 0.15) is 33.0 Å². The van der Waals surface area contributed by atoms with Crippen LogP contribution in [-0.4, -0.2) is 44.8 Å². The second-order valence-electron chi connectivity index (χ2n) is 6.82. The fourth-order valence-electron chi connectivity index (χ4n) is 2.33. The number of hydrogen-bond acceptors (Lipinski definition) is 6. The van der Waals surface area contributed by atoms with Crippen LogP contribution < -0.4 is 5.32 Å². The van der Waals surface area contributed by atoms with Crippen LogP contribution in [0.3, 0.4) is 0 Å². The predicted molar refractivity (Wildman–Crippen MR) is 110 cm³/mol. The van der Waals surface area contributed by atoms with Gasteiger partial charge in [0.15, 0.2) is 0 Å². The Labute approximate surface area is 162 Å². The van der Waals surface area contributed by atoms with Gasteiger partial charge in [0, 0.05) is 16.9 Å². The van der Waals surface area contributed by atoms with E-state index in [9.17, 15) is 13.2 Å². The van der Waals surface area contributed by atoms with Crippen LogP contribution in [0.5, 0.6) is 0 Å². The molecule has 26 heavy (non-hydrogen) atoms. The molecule has 0 saturated heterocycles. The number of fused-ring (bicyclic) bond motifs is 1. The molecule has 0 unspecified atom stereocenters. The van der Waals surface area contributed by atoms with Gasteiger partial charge in [-0.1, -0.05) is 44.8 Å². The Kier molecular flexibility index (Phi) is 5.99. The summed E-state index contributed by atoms with van der Waals surface area (Å²) in [6.07, 6.45) is 1.16. The lowest BCUT2D eigenvalue weighted by Crippen LogP contribution is -2.23. The van der Waals surface area contributed by atoms with Gasteiger partial charge < -0.3 is 10.4 Å². The van der Waals surface area contributed by atoms with Crippen molar-refractivity contribution in [1.29, 1.82) is 0 Å². The molecule has 0 saturated carbocycles. The van der Waals surface area contributed by atoms with E-state index in [0.29, 0.717) is 32.6 Å². The number of thioether (sulfide) groups is 1. The molecule has 142 valence electrons. The summed E-state index contributed by atoms with van der Waals surface area (Å²) < 4.78 is 26.3. The molecule has 0 amide bonds. The van der Waals surface area contributed by atoms with E-state index in [1.165, 1.54) is 15.7 Å². The standard InChI is InChI=1S/C16H21N3O4S3/c1-16(2,3)14-18-11-6-5-10(9-12(11)19(14)26(4,22)23)17-15(24)25-8-7-13(20)21/h5-6,9H,7-8H2,1-4H3,(H,17,24)(H,20,21). The Hall–Kier alpha value is -1.65. The molecule has 2 N–H and O–H groups in total. The normalized spacial score (nSPS) is 12.3. The molecule has 1 heterocycles. The van der Waals surface area contributed by atoms with Crippen molar-refractivity contribution in [3.63, 3.8) is 0 Å². The Morgan fingerprint density at radius 1 is 1.38 bits per heavy atom. The van der Waals surface area contributed by atoms with Crippen LogP contribution >= 0.6 is 24.0 Å². The number of benzene rings is 1. The third-order valence-electron chi connectivity index (χ3n) is 3.41. The number of thiocarbonyl (C=S) groups is 1. The van der Waals surface area contributed by atoms with Gasteiger partial charge in [-0.25, -0.2) is 17.4 Å². The van der Waals surface area contributed by atoms with Crippen LogP contribution in [-0.2, 0) is 20.2 Å². The number of nitrogens with one attached hydrogen (secondary N) is 1. The Morgan fingerprint density at radius 3 is 2.58 bits per heavy atom. The van der Waals surface area contributed by atoms with Gasteiger partial charge in [0.1, 0.15) is 10.1 Å². The minimum atomic E-state index is -3.55. The molecular weight excluding hydrogens is 394 g/mol. The first-order chi connectivity index (χ1) is 11.9. The molecule has 10 heteroatoms. The van der Waals surface area contributed by atoms with Crippen molar-refractivity contribution >= 4 is 61.0 Å². The van der Waals surface area contributed by atoms with Gasteiger partial charge in [0.05, 0.1) is 23.7 Å². The highest BCUT2D eigenvalue weighted by molar-refractivity contribution is 8.23. The van der Waals surface area contributed by atoms with Gasteiger partial charge >= 0.3 is 5.97 Å². The Bertz CT molecular complexity index is 959. The molecule has 0 aliphatic heterocycles. The number of hydrogen-bond donors (Lipinski definition) is 2.